The highest BCUT2D eigenvalue weighted by molar-refractivity contribution is 5.29. The average Bonchev–Trinajstić information content (AvgIpc) is 2.29. The van der Waals surface area contributed by atoms with Crippen LogP contribution in [0.25, 0.3) is 0 Å². The molecule has 0 fully saturated rings. The van der Waals surface area contributed by atoms with E-state index >= 15 is 0 Å². The molecule has 1 aromatic rings. The lowest BCUT2D eigenvalue weighted by Gasteiger charge is -2.10. The zero-order chi connectivity index (χ0) is 11.1. The molecule has 0 aliphatic carbocycles. The van der Waals surface area contributed by atoms with Gasteiger partial charge in [0.05, 0.1) is 12.5 Å². The number of rotatable bonds is 5. The van der Waals surface area contributed by atoms with Crippen LogP contribution in [0, 0.1) is 11.3 Å². The quantitative estimate of drug-likeness (QED) is 0.686. The standard InChI is InChI=1S/C13H17NO/c1-3-11(2)12-5-7-13(8-6-12)15-10-4-9-14/h5-8,11H,3-4,10H2,1-2H3. The van der Waals surface area contributed by atoms with E-state index in [4.69, 9.17) is 10.00 Å². The van der Waals surface area contributed by atoms with E-state index in [1.54, 1.807) is 0 Å². The lowest BCUT2D eigenvalue weighted by molar-refractivity contribution is 0.326. The average molecular weight is 203 g/mol. The van der Waals surface area contributed by atoms with E-state index in [1.807, 2.05) is 12.1 Å². The Kier molecular flexibility index (Phi) is 4.70. The van der Waals surface area contributed by atoms with E-state index in [-0.39, 0.29) is 0 Å². The summed E-state index contributed by atoms with van der Waals surface area (Å²) in [5.41, 5.74) is 1.34. The van der Waals surface area contributed by atoms with E-state index < -0.39 is 0 Å². The minimum Gasteiger partial charge on any atom is -0.493 e. The van der Waals surface area contributed by atoms with Gasteiger partial charge in [-0.3, -0.25) is 0 Å². The van der Waals surface area contributed by atoms with Gasteiger partial charge >= 0.3 is 0 Å². The molecule has 2 nitrogen and oxygen atoms in total. The van der Waals surface area contributed by atoms with Crippen LogP contribution >= 0.6 is 0 Å². The smallest absolute Gasteiger partial charge is 0.119 e. The predicted octanol–water partition coefficient (Wildman–Crippen LogP) is 3.49. The number of hydrogen-bond acceptors (Lipinski definition) is 2. The summed E-state index contributed by atoms with van der Waals surface area (Å²) in [7, 11) is 0. The van der Waals surface area contributed by atoms with Crippen molar-refractivity contribution in [3.63, 3.8) is 0 Å². The minimum atomic E-state index is 0.438. The molecule has 0 spiro atoms. The molecule has 0 aliphatic rings. The van der Waals surface area contributed by atoms with Crippen molar-refractivity contribution in [3.8, 4) is 11.8 Å². The fourth-order valence-electron chi connectivity index (χ4n) is 1.34. The lowest BCUT2D eigenvalue weighted by Crippen LogP contribution is -1.96. The van der Waals surface area contributed by atoms with Gasteiger partial charge in [-0.15, -0.1) is 0 Å². The van der Waals surface area contributed by atoms with Crippen LogP contribution in [0.5, 0.6) is 5.75 Å². The topological polar surface area (TPSA) is 33.0 Å². The number of nitrogens with zero attached hydrogens (tertiary/aromatic N) is 1. The first-order valence-electron chi connectivity index (χ1n) is 5.37. The summed E-state index contributed by atoms with van der Waals surface area (Å²) in [6.07, 6.45) is 1.59. The van der Waals surface area contributed by atoms with Gasteiger partial charge in [0.25, 0.3) is 0 Å². The van der Waals surface area contributed by atoms with E-state index in [1.165, 1.54) is 5.56 Å². The van der Waals surface area contributed by atoms with E-state index in [0.29, 0.717) is 18.9 Å². The van der Waals surface area contributed by atoms with Crippen LogP contribution in [0.1, 0.15) is 38.2 Å². The lowest BCUT2D eigenvalue weighted by atomic mass is 9.99. The summed E-state index contributed by atoms with van der Waals surface area (Å²) in [5.74, 6) is 1.44. The molecule has 0 saturated carbocycles. The van der Waals surface area contributed by atoms with Crippen LogP contribution in [0.4, 0.5) is 0 Å². The van der Waals surface area contributed by atoms with Crippen LogP contribution < -0.4 is 4.74 Å². The summed E-state index contributed by atoms with van der Waals surface area (Å²) < 4.78 is 5.39. The maximum absolute atomic E-state index is 8.36. The summed E-state index contributed by atoms with van der Waals surface area (Å²) in [6, 6.07) is 10.2. The van der Waals surface area contributed by atoms with Gasteiger partial charge in [0.1, 0.15) is 12.4 Å². The van der Waals surface area contributed by atoms with Gasteiger partial charge in [0.15, 0.2) is 0 Å². The van der Waals surface area contributed by atoms with Gasteiger partial charge in [-0.25, -0.2) is 0 Å². The number of ether oxygens (including phenoxy) is 1. The Hall–Kier alpha value is -1.49. The number of hydrogen-bond donors (Lipinski definition) is 0. The fraction of sp³-hybridized carbons (Fsp3) is 0.462. The minimum absolute atomic E-state index is 0.438. The van der Waals surface area contributed by atoms with Crippen molar-refractivity contribution < 1.29 is 4.74 Å². The third-order valence-electron chi connectivity index (χ3n) is 2.54. The number of benzene rings is 1. The van der Waals surface area contributed by atoms with Crippen molar-refractivity contribution >= 4 is 0 Å². The van der Waals surface area contributed by atoms with Crippen LogP contribution in [-0.4, -0.2) is 6.61 Å². The summed E-state index contributed by atoms with van der Waals surface area (Å²) in [5, 5.41) is 8.36. The molecule has 80 valence electrons. The highest BCUT2D eigenvalue weighted by atomic mass is 16.5. The monoisotopic (exact) mass is 203 g/mol. The molecule has 1 aromatic carbocycles. The Bertz CT molecular complexity index is 323. The van der Waals surface area contributed by atoms with E-state index in [0.717, 1.165) is 12.2 Å². The van der Waals surface area contributed by atoms with Crippen molar-refractivity contribution in [1.29, 1.82) is 5.26 Å². The molecule has 1 atom stereocenters. The summed E-state index contributed by atoms with van der Waals surface area (Å²) in [4.78, 5) is 0. The van der Waals surface area contributed by atoms with Gasteiger partial charge in [-0.1, -0.05) is 26.0 Å². The van der Waals surface area contributed by atoms with Gasteiger partial charge in [0.2, 0.25) is 0 Å². The second kappa shape index (κ2) is 6.08. The molecule has 0 radical (unpaired) electrons. The first-order valence-corrected chi connectivity index (χ1v) is 5.37. The molecule has 0 aromatic heterocycles. The number of nitriles is 1. The van der Waals surface area contributed by atoms with Gasteiger partial charge in [-0.05, 0) is 30.0 Å². The van der Waals surface area contributed by atoms with Gasteiger partial charge in [0, 0.05) is 0 Å². The molecule has 0 aliphatic heterocycles. The molecule has 15 heavy (non-hydrogen) atoms. The molecule has 1 unspecified atom stereocenters. The Morgan fingerprint density at radius 2 is 2.00 bits per heavy atom. The molecular formula is C13H17NO. The highest BCUT2D eigenvalue weighted by Crippen LogP contribution is 2.21. The van der Waals surface area contributed by atoms with Crippen LogP contribution in [0.2, 0.25) is 0 Å². The molecule has 0 bridgehead atoms. The Labute approximate surface area is 91.5 Å². The Morgan fingerprint density at radius 1 is 1.33 bits per heavy atom. The Balaban J connectivity index is 2.53. The van der Waals surface area contributed by atoms with Crippen molar-refractivity contribution in [2.75, 3.05) is 6.61 Å². The van der Waals surface area contributed by atoms with Gasteiger partial charge in [-0.2, -0.15) is 5.26 Å². The third kappa shape index (κ3) is 3.63. The Morgan fingerprint density at radius 3 is 2.53 bits per heavy atom. The SMILES string of the molecule is CCC(C)c1ccc(OCCC#N)cc1. The van der Waals surface area contributed by atoms with E-state index in [9.17, 15) is 0 Å². The molecule has 0 amide bonds. The first-order chi connectivity index (χ1) is 7.27. The van der Waals surface area contributed by atoms with Crippen molar-refractivity contribution in [2.24, 2.45) is 0 Å². The van der Waals surface area contributed by atoms with Crippen LogP contribution in [-0.2, 0) is 0 Å². The van der Waals surface area contributed by atoms with Crippen molar-refractivity contribution in [3.05, 3.63) is 29.8 Å². The molecule has 1 rings (SSSR count). The third-order valence-corrected chi connectivity index (χ3v) is 2.54. The second-order valence-corrected chi connectivity index (χ2v) is 3.63. The van der Waals surface area contributed by atoms with Crippen molar-refractivity contribution in [1.82, 2.24) is 0 Å². The first kappa shape index (κ1) is 11.6. The largest absolute Gasteiger partial charge is 0.493 e. The molecule has 2 heteroatoms. The molecule has 0 N–H and O–H groups in total. The van der Waals surface area contributed by atoms with Crippen LogP contribution in [0.15, 0.2) is 24.3 Å². The fourth-order valence-corrected chi connectivity index (χ4v) is 1.34. The maximum Gasteiger partial charge on any atom is 0.119 e. The normalized spacial score (nSPS) is 11.8. The molecule has 0 saturated heterocycles. The second-order valence-electron chi connectivity index (χ2n) is 3.63. The van der Waals surface area contributed by atoms with Crippen LogP contribution in [0.3, 0.4) is 0 Å². The zero-order valence-corrected chi connectivity index (χ0v) is 9.36. The van der Waals surface area contributed by atoms with E-state index in [2.05, 4.69) is 32.0 Å². The zero-order valence-electron chi connectivity index (χ0n) is 9.36. The maximum atomic E-state index is 8.36. The highest BCUT2D eigenvalue weighted by Gasteiger charge is 2.02. The van der Waals surface area contributed by atoms with Crippen molar-refractivity contribution in [2.45, 2.75) is 32.6 Å². The van der Waals surface area contributed by atoms with Gasteiger partial charge < -0.3 is 4.74 Å². The predicted molar refractivity (Wildman–Crippen MR) is 60.9 cm³/mol. The molecule has 0 heterocycles. The summed E-state index contributed by atoms with van der Waals surface area (Å²) in [6.45, 7) is 4.87. The summed E-state index contributed by atoms with van der Waals surface area (Å²) >= 11 is 0. The molecular weight excluding hydrogens is 186 g/mol.